The summed E-state index contributed by atoms with van der Waals surface area (Å²) in [4.78, 5) is 4.84. The standard InChI is InChI=1S/C33H59NO/c1-5-6-7-8-9-10-11-12-13-14-15-16-17-18-19-20-26-35-32-22-21-25-34-33(32)31-27-29(4)23-24-30(31)28(2)3/h21-22,25,28-31H,5-20,23-24,26-27H2,1-4H3. The van der Waals surface area contributed by atoms with Crippen LogP contribution in [0.4, 0.5) is 0 Å². The lowest BCUT2D eigenvalue weighted by Crippen LogP contribution is -2.27. The number of aromatic nitrogens is 1. The molecule has 3 atom stereocenters. The van der Waals surface area contributed by atoms with Crippen molar-refractivity contribution >= 4 is 0 Å². The van der Waals surface area contributed by atoms with E-state index >= 15 is 0 Å². The first-order valence-electron chi connectivity index (χ1n) is 15.7. The van der Waals surface area contributed by atoms with Gasteiger partial charge in [0.1, 0.15) is 5.75 Å². The van der Waals surface area contributed by atoms with Gasteiger partial charge in [-0.3, -0.25) is 4.98 Å². The van der Waals surface area contributed by atoms with Crippen molar-refractivity contribution in [2.24, 2.45) is 17.8 Å². The van der Waals surface area contributed by atoms with Crippen molar-refractivity contribution in [2.45, 2.75) is 156 Å². The Morgan fingerprint density at radius 3 is 1.89 bits per heavy atom. The highest BCUT2D eigenvalue weighted by Crippen LogP contribution is 2.45. The van der Waals surface area contributed by atoms with Gasteiger partial charge in [-0.25, -0.2) is 0 Å². The summed E-state index contributed by atoms with van der Waals surface area (Å²) in [6.07, 6.45) is 28.4. The van der Waals surface area contributed by atoms with E-state index in [0.717, 1.165) is 24.2 Å². The zero-order valence-electron chi connectivity index (χ0n) is 24.0. The van der Waals surface area contributed by atoms with Crippen molar-refractivity contribution in [2.75, 3.05) is 6.61 Å². The zero-order valence-corrected chi connectivity index (χ0v) is 24.0. The molecular formula is C33H59NO. The summed E-state index contributed by atoms with van der Waals surface area (Å²) in [6.45, 7) is 10.3. The molecule has 0 aromatic carbocycles. The Labute approximate surface area is 219 Å². The van der Waals surface area contributed by atoms with Crippen LogP contribution in [0, 0.1) is 17.8 Å². The topological polar surface area (TPSA) is 22.1 Å². The predicted octanol–water partition coefficient (Wildman–Crippen LogP) is 10.9. The summed E-state index contributed by atoms with van der Waals surface area (Å²) < 4.78 is 6.31. The van der Waals surface area contributed by atoms with Crippen LogP contribution in [0.3, 0.4) is 0 Å². The Kier molecular flexibility index (Phi) is 16.5. The lowest BCUT2D eigenvalue weighted by molar-refractivity contribution is 0.188. The van der Waals surface area contributed by atoms with Gasteiger partial charge in [-0.2, -0.15) is 0 Å². The molecule has 0 aliphatic heterocycles. The van der Waals surface area contributed by atoms with Gasteiger partial charge < -0.3 is 4.74 Å². The minimum absolute atomic E-state index is 0.556. The minimum Gasteiger partial charge on any atom is -0.492 e. The molecular weight excluding hydrogens is 426 g/mol. The van der Waals surface area contributed by atoms with Crippen molar-refractivity contribution in [3.05, 3.63) is 24.0 Å². The number of nitrogens with zero attached hydrogens (tertiary/aromatic N) is 1. The summed E-state index contributed by atoms with van der Waals surface area (Å²) >= 11 is 0. The maximum atomic E-state index is 6.31. The van der Waals surface area contributed by atoms with Crippen LogP contribution in [0.25, 0.3) is 0 Å². The Morgan fingerprint density at radius 1 is 0.800 bits per heavy atom. The molecule has 1 heterocycles. The van der Waals surface area contributed by atoms with Gasteiger partial charge in [-0.15, -0.1) is 0 Å². The second-order valence-corrected chi connectivity index (χ2v) is 12.0. The van der Waals surface area contributed by atoms with Gasteiger partial charge in [0.2, 0.25) is 0 Å². The van der Waals surface area contributed by atoms with Gasteiger partial charge in [0.05, 0.1) is 12.3 Å². The van der Waals surface area contributed by atoms with Crippen molar-refractivity contribution in [1.29, 1.82) is 0 Å². The van der Waals surface area contributed by atoms with Gasteiger partial charge in [0.25, 0.3) is 0 Å². The summed E-state index contributed by atoms with van der Waals surface area (Å²) in [6, 6.07) is 4.20. The lowest BCUT2D eigenvalue weighted by atomic mass is 9.68. The van der Waals surface area contributed by atoms with Crippen LogP contribution in [0.1, 0.15) is 161 Å². The van der Waals surface area contributed by atoms with E-state index in [4.69, 9.17) is 9.72 Å². The van der Waals surface area contributed by atoms with Crippen LogP contribution >= 0.6 is 0 Å². The summed E-state index contributed by atoms with van der Waals surface area (Å²) in [5.41, 5.74) is 1.23. The first-order valence-corrected chi connectivity index (χ1v) is 15.7. The highest BCUT2D eigenvalue weighted by Gasteiger charge is 2.34. The monoisotopic (exact) mass is 485 g/mol. The minimum atomic E-state index is 0.556. The largest absolute Gasteiger partial charge is 0.492 e. The highest BCUT2D eigenvalue weighted by molar-refractivity contribution is 5.31. The zero-order chi connectivity index (χ0) is 25.1. The summed E-state index contributed by atoms with van der Waals surface area (Å²) in [5, 5.41) is 0. The second kappa shape index (κ2) is 19.1. The smallest absolute Gasteiger partial charge is 0.141 e. The first kappa shape index (κ1) is 30.2. The number of rotatable bonds is 20. The van der Waals surface area contributed by atoms with Crippen LogP contribution in [0.2, 0.25) is 0 Å². The third-order valence-electron chi connectivity index (χ3n) is 8.43. The Morgan fingerprint density at radius 2 is 1.34 bits per heavy atom. The summed E-state index contributed by atoms with van der Waals surface area (Å²) in [5.74, 6) is 3.85. The third kappa shape index (κ3) is 12.7. The molecule has 2 heteroatoms. The van der Waals surface area contributed by atoms with Crippen molar-refractivity contribution in [3.8, 4) is 5.75 Å². The van der Waals surface area contributed by atoms with E-state index in [0.29, 0.717) is 11.8 Å². The molecule has 0 saturated heterocycles. The molecule has 1 aromatic heterocycles. The maximum absolute atomic E-state index is 6.31. The van der Waals surface area contributed by atoms with Crippen LogP contribution in [0.15, 0.2) is 18.3 Å². The fraction of sp³-hybridized carbons (Fsp3) is 0.848. The van der Waals surface area contributed by atoms with E-state index in [1.54, 1.807) is 0 Å². The molecule has 2 rings (SSSR count). The van der Waals surface area contributed by atoms with E-state index in [1.165, 1.54) is 128 Å². The molecule has 1 aromatic rings. The highest BCUT2D eigenvalue weighted by atomic mass is 16.5. The van der Waals surface area contributed by atoms with Crippen LogP contribution in [0.5, 0.6) is 5.75 Å². The van der Waals surface area contributed by atoms with E-state index in [1.807, 2.05) is 12.3 Å². The molecule has 2 nitrogen and oxygen atoms in total. The van der Waals surface area contributed by atoms with Gasteiger partial charge in [0, 0.05) is 12.1 Å². The molecule has 0 radical (unpaired) electrons. The van der Waals surface area contributed by atoms with Gasteiger partial charge >= 0.3 is 0 Å². The molecule has 1 fully saturated rings. The average Bonchev–Trinajstić information content (AvgIpc) is 2.86. The normalized spacial score (nSPS) is 20.4. The molecule has 3 unspecified atom stereocenters. The van der Waals surface area contributed by atoms with Crippen molar-refractivity contribution < 1.29 is 4.74 Å². The molecule has 0 amide bonds. The molecule has 0 spiro atoms. The molecule has 1 saturated carbocycles. The fourth-order valence-electron chi connectivity index (χ4n) is 6.15. The van der Waals surface area contributed by atoms with Crippen molar-refractivity contribution in [3.63, 3.8) is 0 Å². The molecule has 1 aliphatic carbocycles. The number of ether oxygens (including phenoxy) is 1. The van der Waals surface area contributed by atoms with Crippen LogP contribution in [-0.2, 0) is 0 Å². The Hall–Kier alpha value is -1.05. The van der Waals surface area contributed by atoms with Crippen LogP contribution < -0.4 is 4.74 Å². The van der Waals surface area contributed by atoms with Gasteiger partial charge in [0.15, 0.2) is 0 Å². The quantitative estimate of drug-likeness (QED) is 0.171. The summed E-state index contributed by atoms with van der Waals surface area (Å²) in [7, 11) is 0. The van der Waals surface area contributed by atoms with Crippen molar-refractivity contribution in [1.82, 2.24) is 4.98 Å². The second-order valence-electron chi connectivity index (χ2n) is 12.0. The number of hydrogen-bond donors (Lipinski definition) is 0. The SMILES string of the molecule is CCCCCCCCCCCCCCCCCCOc1cccnc1C1CC(C)CCC1C(C)C. The number of hydrogen-bond acceptors (Lipinski definition) is 2. The van der Waals surface area contributed by atoms with E-state index in [9.17, 15) is 0 Å². The lowest BCUT2D eigenvalue weighted by Gasteiger charge is -2.37. The third-order valence-corrected chi connectivity index (χ3v) is 8.43. The van der Waals surface area contributed by atoms with Gasteiger partial charge in [-0.05, 0) is 49.1 Å². The van der Waals surface area contributed by atoms with E-state index in [-0.39, 0.29) is 0 Å². The maximum Gasteiger partial charge on any atom is 0.141 e. The molecule has 202 valence electrons. The molecule has 1 aliphatic rings. The fourth-order valence-corrected chi connectivity index (χ4v) is 6.15. The molecule has 35 heavy (non-hydrogen) atoms. The van der Waals surface area contributed by atoms with Crippen LogP contribution in [-0.4, -0.2) is 11.6 Å². The predicted molar refractivity (Wildman–Crippen MR) is 153 cm³/mol. The van der Waals surface area contributed by atoms with Gasteiger partial charge in [-0.1, -0.05) is 130 Å². The number of unbranched alkanes of at least 4 members (excludes halogenated alkanes) is 15. The molecule has 0 N–H and O–H groups in total. The Bertz CT molecular complexity index is 627. The number of pyridine rings is 1. The van der Waals surface area contributed by atoms with E-state index < -0.39 is 0 Å². The Balaban J connectivity index is 1.51. The van der Waals surface area contributed by atoms with E-state index in [2.05, 4.69) is 33.8 Å². The molecule has 0 bridgehead atoms. The average molecular weight is 486 g/mol. The first-order chi connectivity index (χ1) is 17.1.